The maximum absolute atomic E-state index is 12.4. The summed E-state index contributed by atoms with van der Waals surface area (Å²) in [5.41, 5.74) is 2.38. The summed E-state index contributed by atoms with van der Waals surface area (Å²) in [6.07, 6.45) is 2.26. The third-order valence-corrected chi connectivity index (χ3v) is 5.30. The Morgan fingerprint density at radius 3 is 2.85 bits per heavy atom. The van der Waals surface area contributed by atoms with Gasteiger partial charge in [0.15, 0.2) is 5.78 Å². The van der Waals surface area contributed by atoms with Crippen molar-refractivity contribution in [3.63, 3.8) is 0 Å². The van der Waals surface area contributed by atoms with Crippen molar-refractivity contribution >= 4 is 23.5 Å². The van der Waals surface area contributed by atoms with Crippen LogP contribution in [-0.2, 0) is 4.79 Å². The van der Waals surface area contributed by atoms with Crippen LogP contribution in [0.15, 0.2) is 40.7 Å². The fraction of sp³-hybridized carbons (Fsp3) is 0.421. The Hall–Kier alpha value is -2.28. The van der Waals surface area contributed by atoms with E-state index < -0.39 is 0 Å². The molecular formula is C19H24N4O2S. The number of carbonyl (C=O) groups is 1. The molecule has 26 heavy (non-hydrogen) atoms. The second kappa shape index (κ2) is 7.95. The van der Waals surface area contributed by atoms with E-state index in [9.17, 15) is 4.79 Å². The number of para-hydroxylation sites is 1. The minimum atomic E-state index is -0.354. The summed E-state index contributed by atoms with van der Waals surface area (Å²) in [4.78, 5) is 17.0. The number of benzene rings is 1. The first-order chi connectivity index (χ1) is 12.6. The number of carbonyl (C=O) groups excluding carboxylic acids is 1. The molecule has 0 bridgehead atoms. The maximum atomic E-state index is 12.4. The van der Waals surface area contributed by atoms with E-state index in [2.05, 4.69) is 22.3 Å². The van der Waals surface area contributed by atoms with Gasteiger partial charge in [0.1, 0.15) is 11.8 Å². The molecule has 1 aromatic carbocycles. The second-order valence-electron chi connectivity index (χ2n) is 6.23. The number of rotatable bonds is 7. The van der Waals surface area contributed by atoms with Crippen molar-refractivity contribution < 1.29 is 9.53 Å². The molecule has 3 rings (SSSR count). The van der Waals surface area contributed by atoms with E-state index >= 15 is 0 Å². The number of Topliss-reactive ketones (excluding diaryl/α,β-unsaturated/α-hetero) is 1. The smallest absolute Gasteiger partial charge is 0.227 e. The van der Waals surface area contributed by atoms with E-state index in [1.807, 2.05) is 31.2 Å². The number of allylic oxidation sites excluding steroid dienone is 2. The minimum absolute atomic E-state index is 0.00671. The van der Waals surface area contributed by atoms with Gasteiger partial charge in [-0.3, -0.25) is 4.79 Å². The monoisotopic (exact) mass is 372 g/mol. The predicted octanol–water partition coefficient (Wildman–Crippen LogP) is 4.06. The van der Waals surface area contributed by atoms with Crippen molar-refractivity contribution in [3.8, 4) is 5.75 Å². The Bertz CT molecular complexity index is 844. The van der Waals surface area contributed by atoms with Gasteiger partial charge in [-0.15, -0.1) is 5.10 Å². The summed E-state index contributed by atoms with van der Waals surface area (Å²) < 4.78 is 7.34. The summed E-state index contributed by atoms with van der Waals surface area (Å²) in [7, 11) is 1.64. The zero-order valence-electron chi connectivity index (χ0n) is 15.6. The number of nitrogens with zero attached hydrogens (tertiary/aromatic N) is 3. The number of fused-ring (bicyclic) bond motifs is 1. The molecule has 1 aliphatic heterocycles. The molecule has 2 aromatic rings. The van der Waals surface area contributed by atoms with Gasteiger partial charge < -0.3 is 10.1 Å². The number of hydrogen-bond donors (Lipinski definition) is 1. The van der Waals surface area contributed by atoms with Gasteiger partial charge in [0.05, 0.1) is 7.11 Å². The Balaban J connectivity index is 2.09. The van der Waals surface area contributed by atoms with Gasteiger partial charge in [-0.05, 0) is 26.3 Å². The summed E-state index contributed by atoms with van der Waals surface area (Å²) in [5, 5.41) is 8.64. The molecule has 1 aromatic heterocycles. The fourth-order valence-electron chi connectivity index (χ4n) is 3.14. The number of unbranched alkanes of at least 4 members (excludes halogenated alkanes) is 1. The molecule has 2 heterocycles. The molecule has 1 N–H and O–H groups in total. The van der Waals surface area contributed by atoms with Crippen LogP contribution in [0.5, 0.6) is 5.75 Å². The molecule has 1 aliphatic rings. The summed E-state index contributed by atoms with van der Waals surface area (Å²) in [6, 6.07) is 7.38. The molecule has 7 heteroatoms. The second-order valence-corrected chi connectivity index (χ2v) is 7.29. The first-order valence-corrected chi connectivity index (χ1v) is 9.76. The van der Waals surface area contributed by atoms with Gasteiger partial charge in [-0.25, -0.2) is 4.68 Å². The van der Waals surface area contributed by atoms with Crippen molar-refractivity contribution in [1.29, 1.82) is 0 Å². The molecule has 0 fully saturated rings. The summed E-state index contributed by atoms with van der Waals surface area (Å²) in [6.45, 7) is 5.65. The van der Waals surface area contributed by atoms with Gasteiger partial charge in [-0.2, -0.15) is 4.98 Å². The molecule has 0 spiro atoms. The SMILES string of the molecule is CCCCSc1nc2n(n1)C(c1ccccc1OC)C(C(C)=O)=C(C)N2. The first-order valence-electron chi connectivity index (χ1n) is 8.77. The van der Waals surface area contributed by atoms with Crippen molar-refractivity contribution in [1.82, 2.24) is 14.8 Å². The molecule has 6 nitrogen and oxygen atoms in total. The van der Waals surface area contributed by atoms with Gasteiger partial charge in [-0.1, -0.05) is 43.3 Å². The Morgan fingerprint density at radius 2 is 2.15 bits per heavy atom. The number of anilines is 1. The molecule has 0 saturated carbocycles. The number of hydrogen-bond acceptors (Lipinski definition) is 6. The molecular weight excluding hydrogens is 348 g/mol. The maximum Gasteiger partial charge on any atom is 0.227 e. The van der Waals surface area contributed by atoms with E-state index in [-0.39, 0.29) is 11.8 Å². The Labute approximate surface area is 158 Å². The number of aromatic nitrogens is 3. The molecule has 138 valence electrons. The fourth-order valence-corrected chi connectivity index (χ4v) is 4.05. The molecule has 1 unspecified atom stereocenters. The normalized spacial score (nSPS) is 16.2. The van der Waals surface area contributed by atoms with E-state index in [0.29, 0.717) is 11.5 Å². The number of ether oxygens (including phenoxy) is 1. The van der Waals surface area contributed by atoms with Gasteiger partial charge in [0.25, 0.3) is 0 Å². The third-order valence-electron chi connectivity index (χ3n) is 4.38. The number of thioether (sulfide) groups is 1. The van der Waals surface area contributed by atoms with Gasteiger partial charge in [0, 0.05) is 22.6 Å². The highest BCUT2D eigenvalue weighted by Crippen LogP contribution is 2.39. The topological polar surface area (TPSA) is 69.0 Å². The van der Waals surface area contributed by atoms with Crippen LogP contribution in [0.4, 0.5) is 5.95 Å². The lowest BCUT2D eigenvalue weighted by Crippen LogP contribution is -2.28. The van der Waals surface area contributed by atoms with Crippen molar-refractivity contribution in [2.75, 3.05) is 18.2 Å². The first kappa shape index (κ1) is 18.5. The largest absolute Gasteiger partial charge is 0.496 e. The molecule has 0 aliphatic carbocycles. The lowest BCUT2D eigenvalue weighted by molar-refractivity contribution is -0.114. The zero-order chi connectivity index (χ0) is 18.7. The lowest BCUT2D eigenvalue weighted by atomic mass is 9.92. The zero-order valence-corrected chi connectivity index (χ0v) is 16.4. The summed E-state index contributed by atoms with van der Waals surface area (Å²) >= 11 is 1.64. The van der Waals surface area contributed by atoms with Crippen LogP contribution < -0.4 is 10.1 Å². The van der Waals surface area contributed by atoms with Crippen LogP contribution in [-0.4, -0.2) is 33.4 Å². The van der Waals surface area contributed by atoms with E-state index in [1.54, 1.807) is 30.5 Å². The molecule has 0 saturated heterocycles. The van der Waals surface area contributed by atoms with E-state index in [1.165, 1.54) is 0 Å². The highest BCUT2D eigenvalue weighted by atomic mass is 32.2. The van der Waals surface area contributed by atoms with Crippen LogP contribution in [0.2, 0.25) is 0 Å². The minimum Gasteiger partial charge on any atom is -0.496 e. The van der Waals surface area contributed by atoms with Crippen LogP contribution in [0.25, 0.3) is 0 Å². The third kappa shape index (κ3) is 3.49. The van der Waals surface area contributed by atoms with E-state index in [4.69, 9.17) is 4.74 Å². The van der Waals surface area contributed by atoms with Crippen LogP contribution in [0.3, 0.4) is 0 Å². The molecule has 0 amide bonds. The highest BCUT2D eigenvalue weighted by Gasteiger charge is 2.34. The van der Waals surface area contributed by atoms with Gasteiger partial charge in [0.2, 0.25) is 11.1 Å². The van der Waals surface area contributed by atoms with E-state index in [0.717, 1.165) is 40.8 Å². The lowest BCUT2D eigenvalue weighted by Gasteiger charge is -2.28. The predicted molar refractivity (Wildman–Crippen MR) is 104 cm³/mol. The van der Waals surface area contributed by atoms with Crippen LogP contribution in [0, 0.1) is 0 Å². The summed E-state index contributed by atoms with van der Waals surface area (Å²) in [5.74, 6) is 2.37. The van der Waals surface area contributed by atoms with Gasteiger partial charge >= 0.3 is 0 Å². The number of methoxy groups -OCH3 is 1. The Kier molecular flexibility index (Phi) is 5.66. The number of ketones is 1. The highest BCUT2D eigenvalue weighted by molar-refractivity contribution is 7.99. The standard InChI is InChI=1S/C19H24N4O2S/c1-5-6-11-26-19-21-18-20-12(2)16(13(3)24)17(23(18)22-19)14-9-7-8-10-15(14)25-4/h7-10,17H,5-6,11H2,1-4H3,(H,20,21,22). The molecule has 0 radical (unpaired) electrons. The van der Waals surface area contributed by atoms with Crippen molar-refractivity contribution in [2.45, 2.75) is 44.8 Å². The molecule has 1 atom stereocenters. The average molecular weight is 372 g/mol. The van der Waals surface area contributed by atoms with Crippen molar-refractivity contribution in [2.24, 2.45) is 0 Å². The quantitative estimate of drug-likeness (QED) is 0.584. The van der Waals surface area contributed by atoms with Crippen LogP contribution >= 0.6 is 11.8 Å². The average Bonchev–Trinajstić information content (AvgIpc) is 3.02. The van der Waals surface area contributed by atoms with Crippen LogP contribution in [0.1, 0.15) is 45.2 Å². The van der Waals surface area contributed by atoms with Crippen molar-refractivity contribution in [3.05, 3.63) is 41.1 Å². The Morgan fingerprint density at radius 1 is 1.38 bits per heavy atom. The number of nitrogens with one attached hydrogen (secondary N) is 1.